The Labute approximate surface area is 139 Å². The number of hydrogen-bond donors (Lipinski definition) is 1. The average molecular weight is 330 g/mol. The van der Waals surface area contributed by atoms with Crippen molar-refractivity contribution in [2.45, 2.75) is 45.7 Å². The van der Waals surface area contributed by atoms with Gasteiger partial charge in [0.15, 0.2) is 5.65 Å². The number of amides is 1. The zero-order valence-electron chi connectivity index (χ0n) is 14.0. The number of fused-ring (bicyclic) bond motifs is 2. The van der Waals surface area contributed by atoms with E-state index in [0.29, 0.717) is 29.4 Å². The smallest absolute Gasteiger partial charge is 0.278 e. The zero-order valence-corrected chi connectivity index (χ0v) is 14.0. The fourth-order valence-corrected chi connectivity index (χ4v) is 3.59. The number of ether oxygens (including phenoxy) is 1. The van der Waals surface area contributed by atoms with Crippen LogP contribution in [-0.2, 0) is 17.7 Å². The molecule has 7 heteroatoms. The molecule has 0 radical (unpaired) electrons. The number of nitrogens with one attached hydrogen (secondary N) is 1. The van der Waals surface area contributed by atoms with Crippen molar-refractivity contribution in [3.8, 4) is 0 Å². The van der Waals surface area contributed by atoms with Crippen LogP contribution >= 0.6 is 0 Å². The van der Waals surface area contributed by atoms with E-state index in [2.05, 4.69) is 10.1 Å². The van der Waals surface area contributed by atoms with E-state index >= 15 is 0 Å². The van der Waals surface area contributed by atoms with Crippen LogP contribution in [0.1, 0.15) is 48.4 Å². The third-order valence-corrected chi connectivity index (χ3v) is 5.03. The number of rotatable bonds is 3. The van der Waals surface area contributed by atoms with E-state index < -0.39 is 0 Å². The van der Waals surface area contributed by atoms with Gasteiger partial charge in [-0.15, -0.1) is 0 Å². The van der Waals surface area contributed by atoms with E-state index in [9.17, 15) is 9.59 Å². The monoisotopic (exact) mass is 330 g/mol. The number of H-pyrrole nitrogens is 1. The first-order valence-electron chi connectivity index (χ1n) is 8.57. The van der Waals surface area contributed by atoms with Crippen LogP contribution < -0.4 is 5.56 Å². The van der Waals surface area contributed by atoms with Crippen LogP contribution in [0.2, 0.25) is 0 Å². The van der Waals surface area contributed by atoms with E-state index in [0.717, 1.165) is 38.2 Å². The first kappa shape index (κ1) is 15.4. The Kier molecular flexibility index (Phi) is 3.68. The summed E-state index contributed by atoms with van der Waals surface area (Å²) in [5.74, 6) is 0.416. The van der Waals surface area contributed by atoms with Gasteiger partial charge < -0.3 is 9.64 Å². The quantitative estimate of drug-likeness (QED) is 0.921. The lowest BCUT2D eigenvalue weighted by molar-refractivity contribution is 0.0662. The van der Waals surface area contributed by atoms with Crippen LogP contribution in [0.15, 0.2) is 10.9 Å². The second-order valence-electron chi connectivity index (χ2n) is 7.01. The third kappa shape index (κ3) is 2.43. The molecule has 128 valence electrons. The average Bonchev–Trinajstić information content (AvgIpc) is 3.11. The largest absolute Gasteiger partial charge is 0.381 e. The Morgan fingerprint density at radius 2 is 2.08 bits per heavy atom. The molecule has 4 heterocycles. The summed E-state index contributed by atoms with van der Waals surface area (Å²) < 4.78 is 6.87. The summed E-state index contributed by atoms with van der Waals surface area (Å²) in [7, 11) is 0. The lowest BCUT2D eigenvalue weighted by atomic mass is 9.95. The van der Waals surface area contributed by atoms with Gasteiger partial charge in [0.1, 0.15) is 5.69 Å². The molecule has 2 aromatic rings. The van der Waals surface area contributed by atoms with Gasteiger partial charge in [-0.25, -0.2) is 9.50 Å². The van der Waals surface area contributed by atoms with E-state index in [1.807, 2.05) is 19.9 Å². The van der Waals surface area contributed by atoms with Gasteiger partial charge in [-0.1, -0.05) is 0 Å². The molecule has 0 aromatic carbocycles. The number of carbonyl (C=O) groups is 1. The summed E-state index contributed by atoms with van der Waals surface area (Å²) in [5, 5.41) is 3.17. The van der Waals surface area contributed by atoms with Gasteiger partial charge in [0.25, 0.3) is 11.5 Å². The van der Waals surface area contributed by atoms with E-state index in [1.54, 1.807) is 4.90 Å². The lowest BCUT2D eigenvalue weighted by Gasteiger charge is -2.21. The molecular weight excluding hydrogens is 308 g/mol. The number of aromatic amines is 1. The number of aromatic nitrogens is 3. The second-order valence-corrected chi connectivity index (χ2v) is 7.01. The molecule has 24 heavy (non-hydrogen) atoms. The summed E-state index contributed by atoms with van der Waals surface area (Å²) in [6.45, 7) is 5.83. The van der Waals surface area contributed by atoms with Crippen LogP contribution in [0.25, 0.3) is 5.65 Å². The molecule has 0 aliphatic carbocycles. The SMILES string of the molecule is CC(C)N1Cc2c(nc3cc(CC4CCOCC4)[nH]n3c2=O)C1=O. The minimum Gasteiger partial charge on any atom is -0.381 e. The zero-order chi connectivity index (χ0) is 16.8. The fourth-order valence-electron chi connectivity index (χ4n) is 3.59. The summed E-state index contributed by atoms with van der Waals surface area (Å²) in [4.78, 5) is 31.3. The van der Waals surface area contributed by atoms with Crippen molar-refractivity contribution in [1.29, 1.82) is 0 Å². The Morgan fingerprint density at radius 3 is 2.79 bits per heavy atom. The van der Waals surface area contributed by atoms with Crippen molar-refractivity contribution in [1.82, 2.24) is 19.5 Å². The predicted octanol–water partition coefficient (Wildman–Crippen LogP) is 1.36. The molecule has 0 unspecified atom stereocenters. The molecule has 1 amide bonds. The normalized spacial score (nSPS) is 18.8. The highest BCUT2D eigenvalue weighted by Gasteiger charge is 2.34. The summed E-state index contributed by atoms with van der Waals surface area (Å²) in [6, 6.07) is 1.95. The van der Waals surface area contributed by atoms with Crippen LogP contribution in [0.4, 0.5) is 0 Å². The molecule has 2 aliphatic rings. The number of nitrogens with zero attached hydrogens (tertiary/aromatic N) is 3. The Morgan fingerprint density at radius 1 is 1.33 bits per heavy atom. The number of hydrogen-bond acceptors (Lipinski definition) is 4. The summed E-state index contributed by atoms with van der Waals surface area (Å²) in [6.07, 6.45) is 2.95. The minimum absolute atomic E-state index is 0.0542. The standard InChI is InChI=1S/C17H22N4O3/c1-10(2)20-9-13-15(17(20)23)18-14-8-12(19-21(14)16(13)22)7-11-3-5-24-6-4-11/h8,10-11,19H,3-7,9H2,1-2H3. The van der Waals surface area contributed by atoms with Gasteiger partial charge in [0.2, 0.25) is 0 Å². The van der Waals surface area contributed by atoms with Crippen molar-refractivity contribution in [3.05, 3.63) is 33.4 Å². The first-order chi connectivity index (χ1) is 11.5. The summed E-state index contributed by atoms with van der Waals surface area (Å²) >= 11 is 0. The second kappa shape index (κ2) is 5.73. The van der Waals surface area contributed by atoms with Crippen LogP contribution in [0.3, 0.4) is 0 Å². The first-order valence-corrected chi connectivity index (χ1v) is 8.57. The molecule has 2 aromatic heterocycles. The van der Waals surface area contributed by atoms with E-state index in [1.165, 1.54) is 4.52 Å². The molecular formula is C17H22N4O3. The van der Waals surface area contributed by atoms with Crippen molar-refractivity contribution in [2.24, 2.45) is 5.92 Å². The number of carbonyl (C=O) groups excluding carboxylic acids is 1. The molecule has 2 aliphatic heterocycles. The Hall–Kier alpha value is -2.15. The van der Waals surface area contributed by atoms with Crippen molar-refractivity contribution in [3.63, 3.8) is 0 Å². The minimum atomic E-state index is -0.162. The van der Waals surface area contributed by atoms with E-state index in [4.69, 9.17) is 4.74 Å². The Balaban J connectivity index is 1.69. The molecule has 0 spiro atoms. The molecule has 7 nitrogen and oxygen atoms in total. The highest BCUT2D eigenvalue weighted by Crippen LogP contribution is 2.23. The van der Waals surface area contributed by atoms with Crippen molar-refractivity contribution >= 4 is 11.6 Å². The lowest BCUT2D eigenvalue weighted by Crippen LogP contribution is -2.31. The predicted molar refractivity (Wildman–Crippen MR) is 88.1 cm³/mol. The Bertz CT molecular complexity index is 845. The van der Waals surface area contributed by atoms with Gasteiger partial charge in [0.05, 0.1) is 12.1 Å². The maximum atomic E-state index is 12.7. The molecule has 1 saturated heterocycles. The molecule has 4 rings (SSSR count). The van der Waals surface area contributed by atoms with Crippen LogP contribution in [0, 0.1) is 5.92 Å². The molecule has 0 bridgehead atoms. The molecule has 1 fully saturated rings. The topological polar surface area (TPSA) is 79.7 Å². The maximum absolute atomic E-state index is 12.7. The fraction of sp³-hybridized carbons (Fsp3) is 0.588. The van der Waals surface area contributed by atoms with Gasteiger partial charge in [-0.3, -0.25) is 14.7 Å². The van der Waals surface area contributed by atoms with Crippen molar-refractivity contribution < 1.29 is 9.53 Å². The van der Waals surface area contributed by atoms with Gasteiger partial charge >= 0.3 is 0 Å². The van der Waals surface area contributed by atoms with Gasteiger partial charge in [0, 0.05) is 31.0 Å². The van der Waals surface area contributed by atoms with Crippen LogP contribution in [0.5, 0.6) is 0 Å². The van der Waals surface area contributed by atoms with E-state index in [-0.39, 0.29) is 17.5 Å². The van der Waals surface area contributed by atoms with Gasteiger partial charge in [-0.05, 0) is 39.0 Å². The molecule has 0 saturated carbocycles. The van der Waals surface area contributed by atoms with Gasteiger partial charge in [-0.2, -0.15) is 0 Å². The molecule has 0 atom stereocenters. The third-order valence-electron chi connectivity index (χ3n) is 5.03. The highest BCUT2D eigenvalue weighted by atomic mass is 16.5. The highest BCUT2D eigenvalue weighted by molar-refractivity contribution is 5.96. The summed E-state index contributed by atoms with van der Waals surface area (Å²) in [5.41, 5.74) is 2.16. The van der Waals surface area contributed by atoms with Crippen molar-refractivity contribution in [2.75, 3.05) is 13.2 Å². The van der Waals surface area contributed by atoms with Crippen LogP contribution in [-0.4, -0.2) is 44.7 Å². The maximum Gasteiger partial charge on any atom is 0.278 e. The molecule has 1 N–H and O–H groups in total.